The maximum Gasteiger partial charge on any atom is 0.265 e. The summed E-state index contributed by atoms with van der Waals surface area (Å²) in [7, 11) is 0. The first-order chi connectivity index (χ1) is 13.7. The Bertz CT molecular complexity index is 1190. The van der Waals surface area contributed by atoms with Crippen LogP contribution in [0.3, 0.4) is 0 Å². The third-order valence-electron chi connectivity index (χ3n) is 4.69. The van der Waals surface area contributed by atoms with Gasteiger partial charge in [-0.1, -0.05) is 31.2 Å². The summed E-state index contributed by atoms with van der Waals surface area (Å²) in [5, 5.41) is 3.44. The molecule has 28 heavy (non-hydrogen) atoms. The van der Waals surface area contributed by atoms with Gasteiger partial charge in [-0.15, -0.1) is 0 Å². The van der Waals surface area contributed by atoms with Crippen molar-refractivity contribution in [2.75, 3.05) is 5.32 Å². The van der Waals surface area contributed by atoms with Gasteiger partial charge in [-0.3, -0.25) is 14.2 Å². The third-order valence-corrected chi connectivity index (χ3v) is 4.69. The summed E-state index contributed by atoms with van der Waals surface area (Å²) in [6.45, 7) is 2.09. The molecule has 0 atom stereocenters. The van der Waals surface area contributed by atoms with Gasteiger partial charge < -0.3 is 5.32 Å². The number of hydrogen-bond acceptors (Lipinski definition) is 3. The Kier molecular flexibility index (Phi) is 4.72. The second kappa shape index (κ2) is 7.48. The number of nitrogens with zero attached hydrogens (tertiary/aromatic N) is 2. The van der Waals surface area contributed by atoms with Gasteiger partial charge in [-0.2, -0.15) is 0 Å². The van der Waals surface area contributed by atoms with E-state index >= 15 is 0 Å². The van der Waals surface area contributed by atoms with Gasteiger partial charge in [0.15, 0.2) is 0 Å². The Balaban J connectivity index is 1.57. The Morgan fingerprint density at radius 3 is 2.39 bits per heavy atom. The molecule has 0 aliphatic carbocycles. The van der Waals surface area contributed by atoms with Crippen LogP contribution in [0.5, 0.6) is 0 Å². The Morgan fingerprint density at radius 1 is 0.964 bits per heavy atom. The van der Waals surface area contributed by atoms with Gasteiger partial charge in [0.05, 0.1) is 16.6 Å². The molecule has 0 aliphatic heterocycles. The van der Waals surface area contributed by atoms with Crippen LogP contribution >= 0.6 is 0 Å². The first-order valence-electron chi connectivity index (χ1n) is 9.13. The van der Waals surface area contributed by atoms with E-state index in [-0.39, 0.29) is 11.5 Å². The fourth-order valence-corrected chi connectivity index (χ4v) is 3.05. The molecule has 0 saturated carbocycles. The Morgan fingerprint density at radius 2 is 1.68 bits per heavy atom. The van der Waals surface area contributed by atoms with Gasteiger partial charge in [0.25, 0.3) is 11.5 Å². The molecule has 5 nitrogen and oxygen atoms in total. The first kappa shape index (κ1) is 17.7. The molecule has 5 heteroatoms. The summed E-state index contributed by atoms with van der Waals surface area (Å²) in [4.78, 5) is 29.5. The van der Waals surface area contributed by atoms with Gasteiger partial charge >= 0.3 is 0 Å². The van der Waals surface area contributed by atoms with Crippen molar-refractivity contribution in [1.82, 2.24) is 9.55 Å². The van der Waals surface area contributed by atoms with E-state index in [0.717, 1.165) is 12.1 Å². The first-order valence-corrected chi connectivity index (χ1v) is 9.13. The van der Waals surface area contributed by atoms with Crippen LogP contribution < -0.4 is 10.9 Å². The summed E-state index contributed by atoms with van der Waals surface area (Å²) < 4.78 is 1.48. The van der Waals surface area contributed by atoms with Gasteiger partial charge in [-0.05, 0) is 60.5 Å². The van der Waals surface area contributed by atoms with Crippen molar-refractivity contribution in [2.45, 2.75) is 13.3 Å². The lowest BCUT2D eigenvalue weighted by Crippen LogP contribution is -2.19. The number of carbonyl (C=O) groups is 1. The molecule has 1 amide bonds. The highest BCUT2D eigenvalue weighted by atomic mass is 16.1. The summed E-state index contributed by atoms with van der Waals surface area (Å²) >= 11 is 0. The molecule has 0 bridgehead atoms. The van der Waals surface area contributed by atoms with Crippen LogP contribution in [0.1, 0.15) is 22.8 Å². The summed E-state index contributed by atoms with van der Waals surface area (Å²) in [5.41, 5.74) is 3.67. The van der Waals surface area contributed by atoms with E-state index in [0.29, 0.717) is 22.2 Å². The highest BCUT2D eigenvalue weighted by Crippen LogP contribution is 2.14. The number of carbonyl (C=O) groups excluding carboxylic acids is 1. The topological polar surface area (TPSA) is 64.0 Å². The minimum atomic E-state index is -0.195. The standard InChI is InChI=1S/C23H19N3O2/c1-2-16-7-11-18(12-8-16)25-22(27)17-9-13-19(14-10-17)26-15-24-21-6-4-3-5-20(21)23(26)28/h3-15H,2H2,1H3,(H,25,27). The Labute approximate surface area is 162 Å². The largest absolute Gasteiger partial charge is 0.322 e. The number of rotatable bonds is 4. The lowest BCUT2D eigenvalue weighted by Gasteiger charge is -2.09. The van der Waals surface area contributed by atoms with E-state index in [1.54, 1.807) is 30.3 Å². The van der Waals surface area contributed by atoms with Crippen LogP contribution in [0.15, 0.2) is 83.9 Å². The number of fused-ring (bicyclic) bond motifs is 1. The number of aryl methyl sites for hydroxylation is 1. The van der Waals surface area contributed by atoms with Crippen molar-refractivity contribution < 1.29 is 4.79 Å². The van der Waals surface area contributed by atoms with Gasteiger partial charge in [0.2, 0.25) is 0 Å². The maximum absolute atomic E-state index is 12.7. The average molecular weight is 369 g/mol. The van der Waals surface area contributed by atoms with Crippen molar-refractivity contribution in [2.24, 2.45) is 0 Å². The van der Waals surface area contributed by atoms with Crippen molar-refractivity contribution >= 4 is 22.5 Å². The molecule has 0 saturated heterocycles. The van der Waals surface area contributed by atoms with Crippen LogP contribution in [-0.4, -0.2) is 15.5 Å². The highest BCUT2D eigenvalue weighted by molar-refractivity contribution is 6.04. The zero-order valence-electron chi connectivity index (χ0n) is 15.4. The SMILES string of the molecule is CCc1ccc(NC(=O)c2ccc(-n3cnc4ccccc4c3=O)cc2)cc1. The van der Waals surface area contributed by atoms with Crippen LogP contribution in [-0.2, 0) is 6.42 Å². The van der Waals surface area contributed by atoms with Gasteiger partial charge in [-0.25, -0.2) is 4.98 Å². The molecule has 4 aromatic rings. The van der Waals surface area contributed by atoms with Crippen LogP contribution in [0, 0.1) is 0 Å². The van der Waals surface area contributed by atoms with Crippen LogP contribution in [0.25, 0.3) is 16.6 Å². The molecule has 1 aromatic heterocycles. The smallest absolute Gasteiger partial charge is 0.265 e. The zero-order valence-corrected chi connectivity index (χ0v) is 15.4. The lowest BCUT2D eigenvalue weighted by molar-refractivity contribution is 0.102. The average Bonchev–Trinajstić information content (AvgIpc) is 2.75. The van der Waals surface area contributed by atoms with E-state index < -0.39 is 0 Å². The van der Waals surface area contributed by atoms with Crippen LogP contribution in [0.2, 0.25) is 0 Å². The number of hydrogen-bond donors (Lipinski definition) is 1. The molecule has 0 radical (unpaired) electrons. The predicted molar refractivity (Wildman–Crippen MR) is 111 cm³/mol. The fourth-order valence-electron chi connectivity index (χ4n) is 3.05. The normalized spacial score (nSPS) is 10.8. The Hall–Kier alpha value is -3.73. The van der Waals surface area contributed by atoms with Crippen molar-refractivity contribution in [3.05, 3.63) is 101 Å². The number of aromatic nitrogens is 2. The maximum atomic E-state index is 12.7. The van der Waals surface area contributed by atoms with Crippen molar-refractivity contribution in [3.8, 4) is 5.69 Å². The molecule has 138 valence electrons. The zero-order chi connectivity index (χ0) is 19.5. The molecule has 4 rings (SSSR count). The highest BCUT2D eigenvalue weighted by Gasteiger charge is 2.09. The van der Waals surface area contributed by atoms with E-state index in [2.05, 4.69) is 17.2 Å². The van der Waals surface area contributed by atoms with Crippen molar-refractivity contribution in [3.63, 3.8) is 0 Å². The molecule has 0 unspecified atom stereocenters. The fraction of sp³-hybridized carbons (Fsp3) is 0.0870. The summed E-state index contributed by atoms with van der Waals surface area (Å²) in [5.74, 6) is -0.195. The molecule has 0 aliphatic rings. The summed E-state index contributed by atoms with van der Waals surface area (Å²) in [6.07, 6.45) is 2.47. The molecule has 1 N–H and O–H groups in total. The van der Waals surface area contributed by atoms with Gasteiger partial charge in [0, 0.05) is 11.3 Å². The molecular formula is C23H19N3O2. The van der Waals surface area contributed by atoms with E-state index in [1.807, 2.05) is 42.5 Å². The number of nitrogens with one attached hydrogen (secondary N) is 1. The molecule has 3 aromatic carbocycles. The van der Waals surface area contributed by atoms with Crippen molar-refractivity contribution in [1.29, 1.82) is 0 Å². The van der Waals surface area contributed by atoms with E-state index in [4.69, 9.17) is 0 Å². The number of benzene rings is 3. The van der Waals surface area contributed by atoms with Gasteiger partial charge in [0.1, 0.15) is 6.33 Å². The molecular weight excluding hydrogens is 350 g/mol. The van der Waals surface area contributed by atoms with E-state index in [1.165, 1.54) is 16.5 Å². The minimum Gasteiger partial charge on any atom is -0.322 e. The quantitative estimate of drug-likeness (QED) is 0.586. The lowest BCUT2D eigenvalue weighted by atomic mass is 10.1. The minimum absolute atomic E-state index is 0.140. The summed E-state index contributed by atoms with van der Waals surface area (Å²) in [6, 6.07) is 21.9. The molecule has 1 heterocycles. The number of para-hydroxylation sites is 1. The predicted octanol–water partition coefficient (Wildman–Crippen LogP) is 4.20. The second-order valence-corrected chi connectivity index (χ2v) is 6.49. The monoisotopic (exact) mass is 369 g/mol. The van der Waals surface area contributed by atoms with Crippen LogP contribution in [0.4, 0.5) is 5.69 Å². The third kappa shape index (κ3) is 3.42. The van der Waals surface area contributed by atoms with E-state index in [9.17, 15) is 9.59 Å². The second-order valence-electron chi connectivity index (χ2n) is 6.49. The molecule has 0 fully saturated rings. The number of anilines is 1. The number of amides is 1. The molecule has 0 spiro atoms.